The monoisotopic (exact) mass is 806 g/mol. The van der Waals surface area contributed by atoms with Gasteiger partial charge >= 0.3 is 11.9 Å². The third kappa shape index (κ3) is 16.4. The third-order valence-corrected chi connectivity index (χ3v) is 7.95. The number of aliphatic hydroxyl groups is 2. The number of nitrogens with zero attached hydrogens (tertiary/aromatic N) is 1. The quantitative estimate of drug-likeness (QED) is 0.0350. The molecule has 2 rings (SSSR count). The Hall–Kier alpha value is -6.20. The fourth-order valence-corrected chi connectivity index (χ4v) is 4.97. The summed E-state index contributed by atoms with van der Waals surface area (Å²) in [6.45, 7) is -0.458. The highest BCUT2D eigenvalue weighted by Crippen LogP contribution is 2.06. The van der Waals surface area contributed by atoms with E-state index >= 15 is 0 Å². The maximum absolute atomic E-state index is 13.5. The zero-order chi connectivity index (χ0) is 41.8. The van der Waals surface area contributed by atoms with Gasteiger partial charge in [-0.1, -0.05) is 30.3 Å². The number of aromatic amines is 1. The predicted molar refractivity (Wildman–Crippen MR) is 198 cm³/mol. The van der Waals surface area contributed by atoms with Crippen molar-refractivity contribution in [1.29, 1.82) is 0 Å². The van der Waals surface area contributed by atoms with Gasteiger partial charge in [0.1, 0.15) is 36.3 Å². The van der Waals surface area contributed by atoms with E-state index < -0.39 is 103 Å². The highest BCUT2D eigenvalue weighted by atomic mass is 32.1. The molecular weight excluding hydrogens is 760 g/mol. The lowest BCUT2D eigenvalue weighted by atomic mass is 10.0. The summed E-state index contributed by atoms with van der Waals surface area (Å²) in [7, 11) is 0. The van der Waals surface area contributed by atoms with Gasteiger partial charge in [0.15, 0.2) is 5.11 Å². The molecule has 306 valence electrons. The summed E-state index contributed by atoms with van der Waals surface area (Å²) in [6.07, 6.45) is 1.58. The van der Waals surface area contributed by atoms with Crippen LogP contribution in [-0.4, -0.2) is 139 Å². The second kappa shape index (κ2) is 23.6. The number of nitrogens with two attached hydrogens (primary N) is 1. The number of benzene rings is 1. The molecule has 1 heterocycles. The number of amides is 6. The Kier molecular flexibility index (Phi) is 19.3. The van der Waals surface area contributed by atoms with Crippen LogP contribution >= 0.6 is 12.2 Å². The van der Waals surface area contributed by atoms with E-state index in [0.717, 1.165) is 0 Å². The topological polar surface area (TPSA) is 356 Å². The Bertz CT molecular complexity index is 1680. The van der Waals surface area contributed by atoms with Crippen LogP contribution in [0.1, 0.15) is 37.4 Å². The van der Waals surface area contributed by atoms with Crippen molar-refractivity contribution >= 4 is 64.7 Å². The minimum atomic E-state index is -1.71. The molecular formula is C33H46N10O12S. The normalized spacial score (nSPS) is 13.9. The van der Waals surface area contributed by atoms with E-state index in [9.17, 15) is 58.8 Å². The molecule has 0 saturated heterocycles. The summed E-state index contributed by atoms with van der Waals surface area (Å²) >= 11 is 4.68. The molecule has 22 nitrogen and oxygen atoms in total. The second-order valence-corrected chi connectivity index (χ2v) is 12.7. The van der Waals surface area contributed by atoms with Crippen molar-refractivity contribution in [3.05, 3.63) is 54.1 Å². The predicted octanol–water partition coefficient (Wildman–Crippen LogP) is -4.72. The zero-order valence-electron chi connectivity index (χ0n) is 30.2. The number of aliphatic carboxylic acids is 2. The number of carbonyl (C=O) groups is 8. The van der Waals surface area contributed by atoms with Gasteiger partial charge in [-0.15, -0.1) is 0 Å². The molecule has 0 radical (unpaired) electrons. The summed E-state index contributed by atoms with van der Waals surface area (Å²) in [5, 5.41) is 54.5. The SMILES string of the molecule is C[C@H](NC(=O)[C@H](CC(=O)O)NC(=O)CCCNC(N)=S)C(=O)N[C@@H](Cc1cnc[nH]1)C(=O)N[C@@H](CO)C(=O)N[C@@H](Cc1ccccc1)C(=O)N[C@@H](CO)C(=O)O. The number of rotatable bonds is 24. The first-order chi connectivity index (χ1) is 26.5. The van der Waals surface area contributed by atoms with Gasteiger partial charge in [0, 0.05) is 37.7 Å². The van der Waals surface area contributed by atoms with E-state index in [0.29, 0.717) is 11.3 Å². The molecule has 0 aliphatic carbocycles. The smallest absolute Gasteiger partial charge is 0.328 e. The summed E-state index contributed by atoms with van der Waals surface area (Å²) in [4.78, 5) is 108. The van der Waals surface area contributed by atoms with Crippen molar-refractivity contribution in [2.75, 3.05) is 19.8 Å². The lowest BCUT2D eigenvalue weighted by Crippen LogP contribution is -2.60. The maximum Gasteiger partial charge on any atom is 0.328 e. The number of aromatic nitrogens is 2. The highest BCUT2D eigenvalue weighted by molar-refractivity contribution is 7.80. The lowest BCUT2D eigenvalue weighted by Gasteiger charge is -2.26. The molecule has 14 N–H and O–H groups in total. The number of carbonyl (C=O) groups excluding carboxylic acids is 6. The molecule has 0 spiro atoms. The number of imidazole rings is 1. The van der Waals surface area contributed by atoms with E-state index in [1.807, 2.05) is 0 Å². The van der Waals surface area contributed by atoms with Gasteiger partial charge in [-0.2, -0.15) is 0 Å². The number of H-pyrrole nitrogens is 1. The number of carboxylic acid groups (broad SMARTS) is 2. The van der Waals surface area contributed by atoms with Crippen molar-refractivity contribution < 1.29 is 58.8 Å². The summed E-state index contributed by atoms with van der Waals surface area (Å²) in [5.41, 5.74) is 6.22. The lowest BCUT2D eigenvalue weighted by molar-refractivity contribution is -0.143. The number of carboxylic acids is 2. The van der Waals surface area contributed by atoms with Crippen LogP contribution in [0, 0.1) is 0 Å². The molecule has 0 fully saturated rings. The molecule has 1 aromatic heterocycles. The van der Waals surface area contributed by atoms with Gasteiger partial charge in [0.05, 0.1) is 26.0 Å². The third-order valence-electron chi connectivity index (χ3n) is 7.80. The van der Waals surface area contributed by atoms with E-state index in [2.05, 4.69) is 59.4 Å². The van der Waals surface area contributed by atoms with Crippen LogP contribution in [0.25, 0.3) is 0 Å². The first-order valence-electron chi connectivity index (χ1n) is 17.1. The average Bonchev–Trinajstić information content (AvgIpc) is 3.66. The molecule has 0 saturated carbocycles. The molecule has 6 atom stereocenters. The fraction of sp³-hybridized carbons (Fsp3) is 0.455. The Balaban J connectivity index is 2.18. The van der Waals surface area contributed by atoms with Crippen LogP contribution in [0.3, 0.4) is 0 Å². The van der Waals surface area contributed by atoms with Gasteiger partial charge in [-0.05, 0) is 31.1 Å². The maximum atomic E-state index is 13.5. The van der Waals surface area contributed by atoms with E-state index in [1.165, 1.54) is 19.4 Å². The number of hydrogen-bond acceptors (Lipinski definition) is 12. The molecule has 0 unspecified atom stereocenters. The fourth-order valence-electron chi connectivity index (χ4n) is 4.87. The van der Waals surface area contributed by atoms with Crippen LogP contribution in [0.2, 0.25) is 0 Å². The number of nitrogens with one attached hydrogen (secondary N) is 8. The Morgan fingerprint density at radius 1 is 0.750 bits per heavy atom. The molecule has 56 heavy (non-hydrogen) atoms. The standard InChI is InChI=1S/C33H46N10O12S/c1-17(38-28(50)22(12-26(47)48)39-25(46)8-5-9-36-33(34)56)27(49)40-21(11-19-13-35-16-37-19)30(52)42-23(14-44)31(53)41-20(10-18-6-3-2-4-7-18)29(51)43-24(15-45)32(54)55/h2-4,6-7,13,16-17,20-24,44-45H,5,8-12,14-15H2,1H3,(H,35,37)(H,38,50)(H,39,46)(H,40,49)(H,41,53)(H,42,52)(H,43,51)(H,47,48)(H,54,55)(H3,34,36,56)/t17-,20-,21-,22-,23-,24-/m0/s1. The molecule has 6 amide bonds. The summed E-state index contributed by atoms with van der Waals surface area (Å²) < 4.78 is 0. The van der Waals surface area contributed by atoms with Crippen molar-refractivity contribution in [2.45, 2.75) is 75.3 Å². The molecule has 0 aliphatic rings. The molecule has 0 bridgehead atoms. The summed E-state index contributed by atoms with van der Waals surface area (Å²) in [6, 6.07) is -0.992. The van der Waals surface area contributed by atoms with Crippen LogP contribution in [-0.2, 0) is 51.2 Å². The van der Waals surface area contributed by atoms with Gasteiger partial charge in [-0.25, -0.2) is 9.78 Å². The largest absolute Gasteiger partial charge is 0.481 e. The molecule has 1 aromatic carbocycles. The Morgan fingerprint density at radius 2 is 1.30 bits per heavy atom. The average molecular weight is 807 g/mol. The van der Waals surface area contributed by atoms with Gasteiger partial charge in [-0.3, -0.25) is 33.6 Å². The van der Waals surface area contributed by atoms with Crippen molar-refractivity contribution in [2.24, 2.45) is 5.73 Å². The van der Waals surface area contributed by atoms with E-state index in [1.54, 1.807) is 30.3 Å². The minimum Gasteiger partial charge on any atom is -0.481 e. The first-order valence-corrected chi connectivity index (χ1v) is 17.5. The number of aliphatic hydroxyl groups excluding tert-OH is 2. The van der Waals surface area contributed by atoms with Crippen LogP contribution in [0.4, 0.5) is 0 Å². The van der Waals surface area contributed by atoms with Crippen molar-refractivity contribution in [1.82, 2.24) is 47.2 Å². The van der Waals surface area contributed by atoms with Crippen molar-refractivity contribution in [3.8, 4) is 0 Å². The first kappa shape index (κ1) is 46.0. The molecule has 0 aliphatic heterocycles. The van der Waals surface area contributed by atoms with Crippen LogP contribution < -0.4 is 43.0 Å². The van der Waals surface area contributed by atoms with Gasteiger partial charge in [0.2, 0.25) is 35.4 Å². The number of hydrogen-bond donors (Lipinski definition) is 13. The van der Waals surface area contributed by atoms with Crippen LogP contribution in [0.5, 0.6) is 0 Å². The Labute approximate surface area is 325 Å². The van der Waals surface area contributed by atoms with E-state index in [-0.39, 0.29) is 37.3 Å². The molecule has 2 aromatic rings. The van der Waals surface area contributed by atoms with E-state index in [4.69, 9.17) is 5.73 Å². The zero-order valence-corrected chi connectivity index (χ0v) is 31.0. The summed E-state index contributed by atoms with van der Waals surface area (Å²) in [5.74, 6) is -8.62. The minimum absolute atomic E-state index is 0.0202. The highest BCUT2D eigenvalue weighted by Gasteiger charge is 2.33. The van der Waals surface area contributed by atoms with Crippen molar-refractivity contribution in [3.63, 3.8) is 0 Å². The van der Waals surface area contributed by atoms with Gasteiger partial charge in [0.25, 0.3) is 0 Å². The second-order valence-electron chi connectivity index (χ2n) is 12.3. The number of thiocarbonyl (C=S) groups is 1. The molecule has 23 heteroatoms. The van der Waals surface area contributed by atoms with Gasteiger partial charge < -0.3 is 68.4 Å². The Morgan fingerprint density at radius 3 is 1.86 bits per heavy atom. The van der Waals surface area contributed by atoms with Crippen LogP contribution in [0.15, 0.2) is 42.9 Å².